The molecule has 0 bridgehead atoms. The van der Waals surface area contributed by atoms with E-state index < -0.39 is 28.5 Å². The Labute approximate surface area is 287 Å². The van der Waals surface area contributed by atoms with Crippen molar-refractivity contribution in [2.75, 3.05) is 10.8 Å². The first kappa shape index (κ1) is 34.4. The molecular formula is C38H42BrN3O4S. The molecule has 0 saturated heterocycles. The van der Waals surface area contributed by atoms with Gasteiger partial charge in [-0.25, -0.2) is 8.42 Å². The summed E-state index contributed by atoms with van der Waals surface area (Å²) in [7, 11) is -4.15. The highest BCUT2D eigenvalue weighted by Gasteiger charge is 2.36. The molecule has 7 nitrogen and oxygen atoms in total. The van der Waals surface area contributed by atoms with E-state index in [1.54, 1.807) is 29.2 Å². The van der Waals surface area contributed by atoms with Crippen LogP contribution in [0.5, 0.6) is 0 Å². The van der Waals surface area contributed by atoms with E-state index in [-0.39, 0.29) is 29.8 Å². The molecule has 5 rings (SSSR count). The monoisotopic (exact) mass is 715 g/mol. The van der Waals surface area contributed by atoms with Gasteiger partial charge in [-0.05, 0) is 79.3 Å². The average molecular weight is 717 g/mol. The Morgan fingerprint density at radius 3 is 2.17 bits per heavy atom. The van der Waals surface area contributed by atoms with Gasteiger partial charge in [0.05, 0.1) is 10.6 Å². The van der Waals surface area contributed by atoms with Crippen molar-refractivity contribution in [3.8, 4) is 0 Å². The van der Waals surface area contributed by atoms with Gasteiger partial charge in [-0.2, -0.15) is 0 Å². The van der Waals surface area contributed by atoms with Crippen molar-refractivity contribution >= 4 is 43.5 Å². The van der Waals surface area contributed by atoms with Crippen LogP contribution >= 0.6 is 15.9 Å². The molecule has 246 valence electrons. The van der Waals surface area contributed by atoms with Crippen molar-refractivity contribution in [3.63, 3.8) is 0 Å². The molecule has 47 heavy (non-hydrogen) atoms. The standard InChI is InChI=1S/C38H42BrN3O4S/c1-28-21-22-29(2)35(23-28)42(47(45,46)34-19-10-5-11-20-34)27-37(43)41(26-31-15-12-16-32(39)24-31)36(25-30-13-6-3-7-14-30)38(44)40-33-17-8-4-9-18-33/h3,5-7,10-16,19-24,33,36H,4,8-9,17-18,25-27H2,1-2H3,(H,40,44)/t36-/m0/s1. The normalized spacial score (nSPS) is 14.3. The third kappa shape index (κ3) is 8.90. The fourth-order valence-electron chi connectivity index (χ4n) is 6.15. The van der Waals surface area contributed by atoms with Gasteiger partial charge in [0.15, 0.2) is 0 Å². The first-order chi connectivity index (χ1) is 22.6. The summed E-state index contributed by atoms with van der Waals surface area (Å²) >= 11 is 3.54. The van der Waals surface area contributed by atoms with Crippen LogP contribution in [-0.2, 0) is 32.6 Å². The number of carbonyl (C=O) groups excluding carboxylic acids is 2. The van der Waals surface area contributed by atoms with Gasteiger partial charge in [0.1, 0.15) is 12.6 Å². The highest BCUT2D eigenvalue weighted by molar-refractivity contribution is 9.10. The van der Waals surface area contributed by atoms with E-state index in [2.05, 4.69) is 21.2 Å². The van der Waals surface area contributed by atoms with Gasteiger partial charge in [0.2, 0.25) is 11.8 Å². The third-order valence-electron chi connectivity index (χ3n) is 8.71. The minimum absolute atomic E-state index is 0.0437. The SMILES string of the molecule is Cc1ccc(C)c(N(CC(=O)N(Cc2cccc(Br)c2)[C@@H](Cc2ccccc2)C(=O)NC2CCCCC2)S(=O)(=O)c2ccccc2)c1. The molecule has 0 radical (unpaired) electrons. The number of hydrogen-bond acceptors (Lipinski definition) is 4. The van der Waals surface area contributed by atoms with Crippen molar-refractivity contribution in [2.45, 2.75) is 75.9 Å². The van der Waals surface area contributed by atoms with Gasteiger partial charge < -0.3 is 10.2 Å². The molecule has 1 aliphatic rings. The van der Waals surface area contributed by atoms with Crippen molar-refractivity contribution in [2.24, 2.45) is 0 Å². The molecule has 0 heterocycles. The number of benzene rings is 4. The quantitative estimate of drug-likeness (QED) is 0.166. The number of anilines is 1. The first-order valence-electron chi connectivity index (χ1n) is 16.1. The van der Waals surface area contributed by atoms with Crippen LogP contribution in [0.2, 0.25) is 0 Å². The summed E-state index contributed by atoms with van der Waals surface area (Å²) in [5, 5.41) is 3.26. The molecule has 2 amide bonds. The highest BCUT2D eigenvalue weighted by atomic mass is 79.9. The highest BCUT2D eigenvalue weighted by Crippen LogP contribution is 2.29. The molecular weight excluding hydrogens is 674 g/mol. The van der Waals surface area contributed by atoms with Gasteiger partial charge in [-0.1, -0.05) is 108 Å². The van der Waals surface area contributed by atoms with E-state index in [1.807, 2.05) is 80.6 Å². The number of sulfonamides is 1. The van der Waals surface area contributed by atoms with Crippen molar-refractivity contribution in [1.82, 2.24) is 10.2 Å². The molecule has 4 aromatic carbocycles. The van der Waals surface area contributed by atoms with Gasteiger partial charge >= 0.3 is 0 Å². The molecule has 1 atom stereocenters. The maximum absolute atomic E-state index is 14.7. The molecule has 1 fully saturated rings. The second kappa shape index (κ2) is 15.8. The number of nitrogens with zero attached hydrogens (tertiary/aromatic N) is 2. The summed E-state index contributed by atoms with van der Waals surface area (Å²) in [6.07, 6.45) is 5.35. The maximum Gasteiger partial charge on any atom is 0.264 e. The van der Waals surface area contributed by atoms with Crippen molar-refractivity contribution in [3.05, 3.63) is 130 Å². The number of amides is 2. The topological polar surface area (TPSA) is 86.8 Å². The Hall–Kier alpha value is -3.95. The smallest absolute Gasteiger partial charge is 0.264 e. The lowest BCUT2D eigenvalue weighted by atomic mass is 9.94. The fourth-order valence-corrected chi connectivity index (χ4v) is 8.09. The minimum Gasteiger partial charge on any atom is -0.352 e. The molecule has 1 aliphatic carbocycles. The van der Waals surface area contributed by atoms with Crippen molar-refractivity contribution < 1.29 is 18.0 Å². The van der Waals surface area contributed by atoms with Gasteiger partial charge in [0, 0.05) is 23.5 Å². The zero-order valence-corrected chi connectivity index (χ0v) is 29.3. The number of nitrogens with one attached hydrogen (secondary N) is 1. The lowest BCUT2D eigenvalue weighted by molar-refractivity contribution is -0.140. The largest absolute Gasteiger partial charge is 0.352 e. The van der Waals surface area contributed by atoms with E-state index in [4.69, 9.17) is 0 Å². The van der Waals surface area contributed by atoms with E-state index in [0.717, 1.165) is 58.8 Å². The van der Waals surface area contributed by atoms with Gasteiger partial charge in [-0.15, -0.1) is 0 Å². The van der Waals surface area contributed by atoms with Gasteiger partial charge in [-0.3, -0.25) is 13.9 Å². The van der Waals surface area contributed by atoms with Crippen LogP contribution in [0.1, 0.15) is 54.4 Å². The zero-order valence-electron chi connectivity index (χ0n) is 26.9. The summed E-state index contributed by atoms with van der Waals surface area (Å²) in [5.74, 6) is -0.696. The van der Waals surface area contributed by atoms with Crippen LogP contribution in [0.3, 0.4) is 0 Å². The number of rotatable bonds is 12. The van der Waals surface area contributed by atoms with Crippen molar-refractivity contribution in [1.29, 1.82) is 0 Å². The lowest BCUT2D eigenvalue weighted by Gasteiger charge is -2.35. The maximum atomic E-state index is 14.7. The zero-order chi connectivity index (χ0) is 33.4. The molecule has 1 N–H and O–H groups in total. The Morgan fingerprint density at radius 2 is 1.49 bits per heavy atom. The molecule has 0 aromatic heterocycles. The molecule has 4 aromatic rings. The molecule has 1 saturated carbocycles. The molecule has 9 heteroatoms. The van der Waals surface area contributed by atoms with E-state index in [1.165, 1.54) is 16.4 Å². The Morgan fingerprint density at radius 1 is 0.830 bits per heavy atom. The Bertz CT molecular complexity index is 1780. The number of halogens is 1. The summed E-state index contributed by atoms with van der Waals surface area (Å²) in [5.41, 5.74) is 3.74. The minimum atomic E-state index is -4.15. The first-order valence-corrected chi connectivity index (χ1v) is 18.4. The number of hydrogen-bond donors (Lipinski definition) is 1. The predicted octanol–water partition coefficient (Wildman–Crippen LogP) is 7.35. The average Bonchev–Trinajstić information content (AvgIpc) is 3.07. The second-order valence-electron chi connectivity index (χ2n) is 12.3. The Balaban J connectivity index is 1.58. The summed E-state index contributed by atoms with van der Waals surface area (Å²) in [4.78, 5) is 30.6. The van der Waals surface area contributed by atoms with Crippen LogP contribution in [0.25, 0.3) is 0 Å². The van der Waals surface area contributed by atoms with Crippen LogP contribution in [-0.4, -0.2) is 43.8 Å². The number of aryl methyl sites for hydroxylation is 2. The van der Waals surface area contributed by atoms with Gasteiger partial charge in [0.25, 0.3) is 10.0 Å². The Kier molecular flexibility index (Phi) is 11.5. The van der Waals surface area contributed by atoms with Crippen LogP contribution < -0.4 is 9.62 Å². The summed E-state index contributed by atoms with van der Waals surface area (Å²) < 4.78 is 30.6. The molecule has 0 spiro atoms. The van der Waals surface area contributed by atoms with Crippen LogP contribution in [0, 0.1) is 13.8 Å². The van der Waals surface area contributed by atoms with E-state index >= 15 is 0 Å². The lowest BCUT2D eigenvalue weighted by Crippen LogP contribution is -2.55. The van der Waals surface area contributed by atoms with Crippen LogP contribution in [0.15, 0.2) is 112 Å². The molecule has 0 aliphatic heterocycles. The summed E-state index contributed by atoms with van der Waals surface area (Å²) in [6.45, 7) is 3.38. The van der Waals surface area contributed by atoms with Crippen LogP contribution in [0.4, 0.5) is 5.69 Å². The van der Waals surface area contributed by atoms with E-state index in [9.17, 15) is 18.0 Å². The number of carbonyl (C=O) groups is 2. The van der Waals surface area contributed by atoms with E-state index in [0.29, 0.717) is 5.69 Å². The molecule has 0 unspecified atom stereocenters. The fraction of sp³-hybridized carbons (Fsp3) is 0.316. The second-order valence-corrected chi connectivity index (χ2v) is 15.1. The predicted molar refractivity (Wildman–Crippen MR) is 191 cm³/mol. The third-order valence-corrected chi connectivity index (χ3v) is 11.0. The summed E-state index contributed by atoms with van der Waals surface area (Å²) in [6, 6.07) is 30.2.